The first kappa shape index (κ1) is 48.4. The summed E-state index contributed by atoms with van der Waals surface area (Å²) in [5.74, 6) is 0.463. The zero-order valence-corrected chi connectivity index (χ0v) is 39.1. The number of carbonyl (C=O) groups is 3. The zero-order chi connectivity index (χ0) is 47.8. The van der Waals surface area contributed by atoms with Crippen molar-refractivity contribution in [1.82, 2.24) is 20.1 Å². The molecule has 18 heteroatoms. The van der Waals surface area contributed by atoms with Crippen LogP contribution in [0.4, 0.5) is 33.4 Å². The van der Waals surface area contributed by atoms with Crippen LogP contribution in [-0.2, 0) is 20.2 Å². The molecular formula is C48H58N8O9S. The summed E-state index contributed by atoms with van der Waals surface area (Å²) in [4.78, 5) is 46.9. The lowest BCUT2D eigenvalue weighted by atomic mass is 9.86. The van der Waals surface area contributed by atoms with Gasteiger partial charge < -0.3 is 45.5 Å². The molecule has 1 fully saturated rings. The minimum Gasteiger partial charge on any atom is -0.496 e. The van der Waals surface area contributed by atoms with E-state index >= 15 is 0 Å². The van der Waals surface area contributed by atoms with Gasteiger partial charge in [0, 0.05) is 79.8 Å². The Balaban J connectivity index is 1.08. The maximum atomic E-state index is 13.6. The first-order valence-electron chi connectivity index (χ1n) is 21.4. The number of amides is 3. The number of allylic oxidation sites excluding steroid dienone is 1. The van der Waals surface area contributed by atoms with Crippen molar-refractivity contribution in [3.63, 3.8) is 0 Å². The number of aromatic nitrogens is 1. The molecule has 66 heavy (non-hydrogen) atoms. The van der Waals surface area contributed by atoms with Crippen LogP contribution >= 0.6 is 0 Å². The molecule has 1 atom stereocenters. The Labute approximate surface area is 385 Å². The van der Waals surface area contributed by atoms with Gasteiger partial charge in [-0.25, -0.2) is 18.2 Å². The Morgan fingerprint density at radius 2 is 1.56 bits per heavy atom. The van der Waals surface area contributed by atoms with E-state index in [0.717, 1.165) is 49.1 Å². The highest BCUT2D eigenvalue weighted by molar-refractivity contribution is 7.92. The number of nitrogens with one attached hydrogen (secondary N) is 5. The van der Waals surface area contributed by atoms with E-state index in [0.29, 0.717) is 64.9 Å². The van der Waals surface area contributed by atoms with E-state index in [-0.39, 0.29) is 28.4 Å². The predicted molar refractivity (Wildman–Crippen MR) is 258 cm³/mol. The molecule has 5 aromatic rings. The van der Waals surface area contributed by atoms with Gasteiger partial charge in [0.25, 0.3) is 5.91 Å². The van der Waals surface area contributed by atoms with E-state index in [1.54, 1.807) is 67.7 Å². The predicted octanol–water partition coefficient (Wildman–Crippen LogP) is 8.07. The van der Waals surface area contributed by atoms with Gasteiger partial charge in [-0.1, -0.05) is 58.5 Å². The summed E-state index contributed by atoms with van der Waals surface area (Å²) in [7, 11) is -0.752. The number of hydrogen-bond donors (Lipinski definition) is 6. The number of benzene rings is 4. The highest BCUT2D eigenvalue weighted by Gasteiger charge is 2.24. The Kier molecular flexibility index (Phi) is 15.3. The quantitative estimate of drug-likeness (QED) is 0.0491. The second-order valence-electron chi connectivity index (χ2n) is 17.1. The lowest BCUT2D eigenvalue weighted by Gasteiger charge is -2.37. The smallest absolute Gasteiger partial charge is 0.323 e. The van der Waals surface area contributed by atoms with Gasteiger partial charge in [0.2, 0.25) is 10.0 Å². The molecule has 1 aliphatic rings. The number of carboxylic acid groups (broad SMARTS) is 1. The number of pyridine rings is 1. The van der Waals surface area contributed by atoms with E-state index in [4.69, 9.17) is 14.2 Å². The first-order valence-corrected chi connectivity index (χ1v) is 23.3. The second kappa shape index (κ2) is 20.8. The fourth-order valence-electron chi connectivity index (χ4n) is 7.45. The number of carbonyl (C=O) groups excluding carboxylic acids is 2. The molecule has 1 aromatic heterocycles. The number of carboxylic acids is 1. The third-order valence-corrected chi connectivity index (χ3v) is 11.6. The van der Waals surface area contributed by atoms with Gasteiger partial charge in [-0.05, 0) is 59.9 Å². The lowest BCUT2D eigenvalue weighted by molar-refractivity contribution is -0.141. The van der Waals surface area contributed by atoms with Crippen molar-refractivity contribution >= 4 is 67.3 Å². The van der Waals surface area contributed by atoms with Crippen LogP contribution in [0.3, 0.4) is 0 Å². The summed E-state index contributed by atoms with van der Waals surface area (Å²) in [6, 6.07) is 22.4. The molecular weight excluding hydrogens is 865 g/mol. The van der Waals surface area contributed by atoms with Crippen LogP contribution < -0.4 is 40.2 Å². The van der Waals surface area contributed by atoms with E-state index < -0.39 is 27.9 Å². The van der Waals surface area contributed by atoms with E-state index in [9.17, 15) is 27.9 Å². The van der Waals surface area contributed by atoms with Crippen molar-refractivity contribution in [2.24, 2.45) is 5.92 Å². The summed E-state index contributed by atoms with van der Waals surface area (Å²) in [6.07, 6.45) is 3.07. The van der Waals surface area contributed by atoms with Gasteiger partial charge in [0.15, 0.2) is 5.75 Å². The molecule has 0 unspecified atom stereocenters. The summed E-state index contributed by atoms with van der Waals surface area (Å²) >= 11 is 0. The zero-order valence-electron chi connectivity index (χ0n) is 38.3. The fourth-order valence-corrected chi connectivity index (χ4v) is 8.00. The standard InChI is InChI=1S/C48H58N8O9S/c1-30(46(58)59)25-31(2)56-23-21-55(22-24-56)20-19-50-45(57)37-14-13-33(28-42(37)63-6)51-43-29-34(17-18-49-43)65-41-16-15-38(35-11-9-10-12-36(35)41)52-47(60)53-39-26-32(48(3,4)5)27-40(44(39)64-7)54-66(8,61)62/h9-18,26-30,54H,2,19-25H2,1,3-8H3,(H,49,51)(H,50,57)(H,58,59)(H2,52,53,60)/t30-/m1/s1. The maximum absolute atomic E-state index is 13.6. The number of piperazine rings is 1. The lowest BCUT2D eigenvalue weighted by Crippen LogP contribution is -2.48. The fraction of sp³-hybridized carbons (Fsp3) is 0.333. The molecule has 0 spiro atoms. The van der Waals surface area contributed by atoms with Crippen LogP contribution in [0.15, 0.2) is 97.3 Å². The molecule has 17 nitrogen and oxygen atoms in total. The monoisotopic (exact) mass is 922 g/mol. The maximum Gasteiger partial charge on any atom is 0.323 e. The average Bonchev–Trinajstić information content (AvgIpc) is 3.26. The van der Waals surface area contributed by atoms with Gasteiger partial charge in [0.1, 0.15) is 23.1 Å². The topological polar surface area (TPSA) is 213 Å². The number of nitrogens with zero attached hydrogens (tertiary/aromatic N) is 3. The van der Waals surface area contributed by atoms with Crippen LogP contribution in [0.1, 0.15) is 50.0 Å². The molecule has 4 aromatic carbocycles. The van der Waals surface area contributed by atoms with Gasteiger partial charge in [-0.3, -0.25) is 19.2 Å². The number of rotatable bonds is 18. The summed E-state index contributed by atoms with van der Waals surface area (Å²) in [6.45, 7) is 15.9. The van der Waals surface area contributed by atoms with Crippen molar-refractivity contribution in [2.45, 2.75) is 39.5 Å². The van der Waals surface area contributed by atoms with Gasteiger partial charge in [-0.2, -0.15) is 0 Å². The summed E-state index contributed by atoms with van der Waals surface area (Å²) in [5.41, 5.74) is 3.23. The molecule has 2 heterocycles. The molecule has 1 aliphatic heterocycles. The minimum absolute atomic E-state index is 0.160. The Hall–Kier alpha value is -7.05. The van der Waals surface area contributed by atoms with Crippen molar-refractivity contribution < 1.29 is 42.1 Å². The molecule has 0 aliphatic carbocycles. The number of ether oxygens (including phenoxy) is 3. The van der Waals surface area contributed by atoms with Gasteiger partial charge in [0.05, 0.1) is 49.0 Å². The molecule has 0 radical (unpaired) electrons. The van der Waals surface area contributed by atoms with E-state index in [2.05, 4.69) is 47.4 Å². The van der Waals surface area contributed by atoms with Crippen LogP contribution in [0, 0.1) is 5.92 Å². The van der Waals surface area contributed by atoms with Crippen molar-refractivity contribution in [3.05, 3.63) is 108 Å². The average molecular weight is 923 g/mol. The molecule has 0 saturated carbocycles. The number of anilines is 5. The minimum atomic E-state index is -3.66. The molecule has 6 rings (SSSR count). The molecule has 350 valence electrons. The van der Waals surface area contributed by atoms with Crippen LogP contribution in [-0.4, -0.2) is 106 Å². The third-order valence-electron chi connectivity index (χ3n) is 11.0. The Bertz CT molecular complexity index is 2720. The number of fused-ring (bicyclic) bond motifs is 1. The SMILES string of the molecule is C=C(C[C@@H](C)C(=O)O)N1CCN(CCNC(=O)c2ccc(Nc3cc(Oc4ccc(NC(=O)Nc5cc(C(C)(C)C)cc(NS(C)(=O)=O)c5OC)c5ccccc45)ccn3)cc2OC)CC1. The number of urea groups is 1. The van der Waals surface area contributed by atoms with Crippen LogP contribution in [0.2, 0.25) is 0 Å². The number of hydrogen-bond acceptors (Lipinski definition) is 12. The molecule has 1 saturated heterocycles. The number of methoxy groups -OCH3 is 2. The first-order chi connectivity index (χ1) is 31.3. The molecule has 3 amide bonds. The second-order valence-corrected chi connectivity index (χ2v) is 18.8. The van der Waals surface area contributed by atoms with Crippen molar-refractivity contribution in [2.75, 3.05) is 80.4 Å². The third kappa shape index (κ3) is 12.6. The van der Waals surface area contributed by atoms with Crippen LogP contribution in [0.25, 0.3) is 10.8 Å². The largest absolute Gasteiger partial charge is 0.496 e. The highest BCUT2D eigenvalue weighted by Crippen LogP contribution is 2.40. The van der Waals surface area contributed by atoms with Gasteiger partial charge in [-0.15, -0.1) is 0 Å². The Morgan fingerprint density at radius 3 is 2.23 bits per heavy atom. The number of sulfonamides is 1. The Morgan fingerprint density at radius 1 is 0.864 bits per heavy atom. The van der Waals surface area contributed by atoms with E-state index in [1.807, 2.05) is 45.0 Å². The molecule has 0 bridgehead atoms. The van der Waals surface area contributed by atoms with E-state index in [1.165, 1.54) is 14.2 Å². The normalized spacial score (nSPS) is 13.6. The van der Waals surface area contributed by atoms with Crippen molar-refractivity contribution in [3.8, 4) is 23.0 Å². The molecule has 6 N–H and O–H groups in total. The summed E-state index contributed by atoms with van der Waals surface area (Å²) in [5, 5.41) is 22.7. The van der Waals surface area contributed by atoms with Gasteiger partial charge >= 0.3 is 12.0 Å². The summed E-state index contributed by atoms with van der Waals surface area (Å²) < 4.78 is 44.5. The van der Waals surface area contributed by atoms with Crippen molar-refractivity contribution in [1.29, 1.82) is 0 Å². The highest BCUT2D eigenvalue weighted by atomic mass is 32.2. The number of aliphatic carboxylic acids is 1. The van der Waals surface area contributed by atoms with Crippen LogP contribution in [0.5, 0.6) is 23.0 Å².